The fourth-order valence-electron chi connectivity index (χ4n) is 4.31. The van der Waals surface area contributed by atoms with Crippen LogP contribution in [0, 0.1) is 5.82 Å². The monoisotopic (exact) mass is 495 g/mol. The molecule has 4 rings (SSSR count). The van der Waals surface area contributed by atoms with Crippen molar-refractivity contribution in [2.45, 2.75) is 37.6 Å². The highest BCUT2D eigenvalue weighted by molar-refractivity contribution is 6.02. The van der Waals surface area contributed by atoms with Crippen molar-refractivity contribution in [3.05, 3.63) is 29.7 Å². The average Bonchev–Trinajstić information content (AvgIpc) is 3.33. The topological polar surface area (TPSA) is 128 Å². The van der Waals surface area contributed by atoms with Crippen LogP contribution < -0.4 is 19.9 Å². The number of ether oxygens (including phenoxy) is 1. The Kier molecular flexibility index (Phi) is 6.70. The van der Waals surface area contributed by atoms with Crippen LogP contribution in [-0.4, -0.2) is 70.8 Å². The summed E-state index contributed by atoms with van der Waals surface area (Å²) in [6, 6.07) is 1.60. The van der Waals surface area contributed by atoms with Crippen LogP contribution in [-0.2, 0) is 4.79 Å². The molecular formula is C22H24F3N5O5. The van der Waals surface area contributed by atoms with Gasteiger partial charge in [-0.3, -0.25) is 4.79 Å². The van der Waals surface area contributed by atoms with Gasteiger partial charge in [-0.05, 0) is 18.9 Å². The quantitative estimate of drug-likeness (QED) is 0.531. The van der Waals surface area contributed by atoms with Crippen LogP contribution in [0.2, 0.25) is 0 Å². The number of aromatic nitrogens is 2. The molecule has 2 heterocycles. The first-order valence-electron chi connectivity index (χ1n) is 11.0. The molecule has 0 spiro atoms. The third-order valence-corrected chi connectivity index (χ3v) is 6.03. The van der Waals surface area contributed by atoms with Crippen molar-refractivity contribution in [1.29, 1.82) is 0 Å². The number of carboxylic acid groups (broad SMARTS) is 1. The van der Waals surface area contributed by atoms with E-state index >= 15 is 0 Å². The van der Waals surface area contributed by atoms with E-state index in [1.165, 1.54) is 18.1 Å². The minimum atomic E-state index is -3.63. The average molecular weight is 495 g/mol. The van der Waals surface area contributed by atoms with Crippen molar-refractivity contribution in [1.82, 2.24) is 9.97 Å². The number of carbonyl (C=O) groups is 2. The lowest BCUT2D eigenvalue weighted by Gasteiger charge is -2.31. The highest BCUT2D eigenvalue weighted by atomic mass is 19.3. The lowest BCUT2D eigenvalue weighted by molar-refractivity contribution is -0.140. The van der Waals surface area contributed by atoms with Gasteiger partial charge in [0.05, 0.1) is 30.6 Å². The van der Waals surface area contributed by atoms with Crippen LogP contribution in [0.5, 0.6) is 5.75 Å². The Morgan fingerprint density at radius 1 is 1.31 bits per heavy atom. The number of hydrogen-bond acceptors (Lipinski definition) is 8. The number of aromatic carboxylic acids is 1. The maximum Gasteiger partial charge on any atom is 0.342 e. The molecule has 1 aromatic carbocycles. The number of hydrogen-bond donors (Lipinski definition) is 3. The Labute approximate surface area is 198 Å². The lowest BCUT2D eigenvalue weighted by atomic mass is 10.1. The largest absolute Gasteiger partial charge is 0.489 e. The van der Waals surface area contributed by atoms with Crippen molar-refractivity contribution in [3.8, 4) is 5.75 Å². The summed E-state index contributed by atoms with van der Waals surface area (Å²) in [5.74, 6) is -7.62. The molecule has 0 saturated heterocycles. The second-order valence-corrected chi connectivity index (χ2v) is 8.37. The molecule has 0 atom stereocenters. The van der Waals surface area contributed by atoms with Gasteiger partial charge < -0.3 is 30.1 Å². The zero-order chi connectivity index (χ0) is 25.3. The summed E-state index contributed by atoms with van der Waals surface area (Å²) in [5, 5.41) is 21.0. The summed E-state index contributed by atoms with van der Waals surface area (Å²) in [6.07, 6.45) is 4.29. The molecule has 1 aromatic heterocycles. The van der Waals surface area contributed by atoms with Gasteiger partial charge in [0.15, 0.2) is 5.82 Å². The Morgan fingerprint density at radius 3 is 2.69 bits per heavy atom. The van der Waals surface area contributed by atoms with Gasteiger partial charge in [-0.15, -0.1) is 0 Å². The predicted octanol–water partition coefficient (Wildman–Crippen LogP) is 2.79. The molecule has 2 aromatic rings. The van der Waals surface area contributed by atoms with E-state index in [4.69, 9.17) is 9.84 Å². The van der Waals surface area contributed by atoms with Crippen molar-refractivity contribution in [2.75, 3.05) is 41.9 Å². The number of nitrogens with one attached hydrogen (secondary N) is 1. The van der Waals surface area contributed by atoms with Crippen LogP contribution in [0.4, 0.5) is 36.3 Å². The Balaban J connectivity index is 1.75. The molecule has 13 heteroatoms. The number of anilines is 4. The molecule has 1 fully saturated rings. The SMILES string of the molecule is CN1C(=O)C(F)(F)CN(C2CCCC2)c2nc(Nc3cc(F)c(C(=O)O)cc3OCCO)ncc21. The van der Waals surface area contributed by atoms with Gasteiger partial charge in [-0.1, -0.05) is 12.8 Å². The van der Waals surface area contributed by atoms with Crippen LogP contribution >= 0.6 is 0 Å². The number of nitrogens with zero attached hydrogens (tertiary/aromatic N) is 4. The van der Waals surface area contributed by atoms with Crippen LogP contribution in [0.3, 0.4) is 0 Å². The number of aliphatic hydroxyl groups excluding tert-OH is 1. The number of halogens is 3. The van der Waals surface area contributed by atoms with E-state index in [0.717, 1.165) is 29.9 Å². The fraction of sp³-hybridized carbons (Fsp3) is 0.455. The Bertz CT molecular complexity index is 1140. The van der Waals surface area contributed by atoms with E-state index in [1.807, 2.05) is 0 Å². The summed E-state index contributed by atoms with van der Waals surface area (Å²) < 4.78 is 49.2. The van der Waals surface area contributed by atoms with E-state index in [1.54, 1.807) is 0 Å². The summed E-state index contributed by atoms with van der Waals surface area (Å²) in [5.41, 5.74) is -0.563. The lowest BCUT2D eigenvalue weighted by Crippen LogP contribution is -2.48. The van der Waals surface area contributed by atoms with Crippen molar-refractivity contribution >= 4 is 35.0 Å². The number of amides is 1. The Morgan fingerprint density at radius 2 is 2.03 bits per heavy atom. The highest BCUT2D eigenvalue weighted by Gasteiger charge is 2.48. The minimum absolute atomic E-state index is 0.0308. The maximum absolute atomic E-state index is 14.7. The second kappa shape index (κ2) is 9.56. The number of fused-ring (bicyclic) bond motifs is 1. The van der Waals surface area contributed by atoms with Crippen molar-refractivity contribution < 1.29 is 37.7 Å². The number of alkyl halides is 2. The maximum atomic E-state index is 14.7. The first kappa shape index (κ1) is 24.5. The highest BCUT2D eigenvalue weighted by Crippen LogP contribution is 2.40. The smallest absolute Gasteiger partial charge is 0.342 e. The minimum Gasteiger partial charge on any atom is -0.489 e. The summed E-state index contributed by atoms with van der Waals surface area (Å²) in [6.45, 7) is -1.40. The molecule has 1 aliphatic carbocycles. The van der Waals surface area contributed by atoms with Gasteiger partial charge in [0.2, 0.25) is 5.95 Å². The Hall–Kier alpha value is -3.61. The number of carbonyl (C=O) groups excluding carboxylic acids is 1. The van der Waals surface area contributed by atoms with E-state index < -0.39 is 35.7 Å². The first-order chi connectivity index (χ1) is 16.6. The number of rotatable bonds is 7. The molecule has 0 unspecified atom stereocenters. The molecule has 188 valence electrons. The molecule has 1 aliphatic heterocycles. The van der Waals surface area contributed by atoms with Crippen LogP contribution in [0.1, 0.15) is 36.0 Å². The fourth-order valence-corrected chi connectivity index (χ4v) is 4.31. The normalized spacial score (nSPS) is 17.8. The van der Waals surface area contributed by atoms with Crippen molar-refractivity contribution in [2.24, 2.45) is 0 Å². The molecule has 2 aliphatic rings. The van der Waals surface area contributed by atoms with Gasteiger partial charge >= 0.3 is 11.9 Å². The van der Waals surface area contributed by atoms with Gasteiger partial charge in [0.1, 0.15) is 23.9 Å². The van der Waals surface area contributed by atoms with E-state index in [9.17, 15) is 27.9 Å². The molecule has 10 nitrogen and oxygen atoms in total. The number of aliphatic hydroxyl groups is 1. The summed E-state index contributed by atoms with van der Waals surface area (Å²) in [7, 11) is 1.23. The van der Waals surface area contributed by atoms with E-state index in [2.05, 4.69) is 15.3 Å². The predicted molar refractivity (Wildman–Crippen MR) is 119 cm³/mol. The van der Waals surface area contributed by atoms with Gasteiger partial charge in [0.25, 0.3) is 5.91 Å². The molecule has 3 N–H and O–H groups in total. The zero-order valence-electron chi connectivity index (χ0n) is 18.8. The van der Waals surface area contributed by atoms with Gasteiger partial charge in [0, 0.05) is 19.2 Å². The first-order valence-corrected chi connectivity index (χ1v) is 11.0. The summed E-state index contributed by atoms with van der Waals surface area (Å²) in [4.78, 5) is 34.4. The van der Waals surface area contributed by atoms with E-state index in [-0.39, 0.29) is 48.1 Å². The standard InChI is InChI=1S/C22H24F3N5O5/c1-29-16-10-26-21(27-15-9-14(23)13(19(32)33)8-17(15)35-7-6-31)28-18(16)30(12-4-2-3-5-12)11-22(24,25)20(29)34/h8-10,12,31H,2-7,11H2,1H3,(H,32,33)(H,26,27,28). The number of benzene rings is 1. The molecule has 1 amide bonds. The third kappa shape index (κ3) is 4.81. The van der Waals surface area contributed by atoms with Crippen LogP contribution in [0.15, 0.2) is 18.3 Å². The number of carboxylic acids is 1. The van der Waals surface area contributed by atoms with Crippen molar-refractivity contribution in [3.63, 3.8) is 0 Å². The molecule has 0 bridgehead atoms. The molecule has 0 radical (unpaired) electrons. The second-order valence-electron chi connectivity index (χ2n) is 8.37. The van der Waals surface area contributed by atoms with Crippen LogP contribution in [0.25, 0.3) is 0 Å². The van der Waals surface area contributed by atoms with E-state index in [0.29, 0.717) is 12.8 Å². The zero-order valence-corrected chi connectivity index (χ0v) is 18.8. The molecule has 35 heavy (non-hydrogen) atoms. The molecular weight excluding hydrogens is 471 g/mol. The van der Waals surface area contributed by atoms with Gasteiger partial charge in [-0.25, -0.2) is 14.2 Å². The molecule has 1 saturated carbocycles. The third-order valence-electron chi connectivity index (χ3n) is 6.03. The van der Waals surface area contributed by atoms with Gasteiger partial charge in [-0.2, -0.15) is 13.8 Å². The summed E-state index contributed by atoms with van der Waals surface area (Å²) >= 11 is 0.